The van der Waals surface area contributed by atoms with Crippen LogP contribution in [0.3, 0.4) is 0 Å². The van der Waals surface area contributed by atoms with Crippen LogP contribution in [0.5, 0.6) is 0 Å². The monoisotopic (exact) mass is 603 g/mol. The highest BCUT2D eigenvalue weighted by atomic mass is 35.5. The van der Waals surface area contributed by atoms with Crippen LogP contribution in [0.2, 0.25) is 10.0 Å². The maximum atomic E-state index is 12.6. The zero-order chi connectivity index (χ0) is 27.4. The smallest absolute Gasteiger partial charge is 0.241 e. The number of carbonyl (C=O) groups is 2. The normalized spacial score (nSPS) is 18.3. The number of hydrogen-bond acceptors (Lipinski definition) is 7. The minimum absolute atomic E-state index is 0.000663. The number of aromatic nitrogens is 1. The molecule has 2 aromatic carbocycles. The molecular weight excluding hydrogens is 573 g/mol. The molecular formula is C28H31Cl2N5O2S2. The van der Waals surface area contributed by atoms with Gasteiger partial charge in [0, 0.05) is 61.2 Å². The molecule has 1 atom stereocenters. The fourth-order valence-electron chi connectivity index (χ4n) is 5.01. The topological polar surface area (TPSA) is 77.6 Å². The first kappa shape index (κ1) is 28.4. The van der Waals surface area contributed by atoms with Gasteiger partial charge < -0.3 is 10.6 Å². The summed E-state index contributed by atoms with van der Waals surface area (Å²) >= 11 is 15.2. The molecule has 0 spiro atoms. The van der Waals surface area contributed by atoms with Crippen LogP contribution in [0, 0.1) is 0 Å². The summed E-state index contributed by atoms with van der Waals surface area (Å²) in [7, 11) is 0. The number of anilines is 1. The summed E-state index contributed by atoms with van der Waals surface area (Å²) in [6, 6.07) is 13.5. The average molecular weight is 605 g/mol. The standard InChI is InChI=1S/C28H31Cl2N5O2S2/c1-18(36)35(22-9-12-34(13-10-22)16-19-7-8-23(29)24(30)14-19)39-28-33-26(17-38-28)20-4-2-5-21(15-20)32-27(37)25-6-3-11-31-25/h2,4-5,7-8,14-15,17,22,25,31H,3,6,9-13,16H2,1H3,(H,32,37)/t25-/m0/s1. The summed E-state index contributed by atoms with van der Waals surface area (Å²) in [6.07, 6.45) is 3.67. The maximum Gasteiger partial charge on any atom is 0.241 e. The van der Waals surface area contributed by atoms with E-state index >= 15 is 0 Å². The predicted octanol–water partition coefficient (Wildman–Crippen LogP) is 6.33. The van der Waals surface area contributed by atoms with Crippen LogP contribution >= 0.6 is 46.5 Å². The van der Waals surface area contributed by atoms with E-state index in [1.54, 1.807) is 6.92 Å². The lowest BCUT2D eigenvalue weighted by Gasteiger charge is -2.37. The van der Waals surface area contributed by atoms with Gasteiger partial charge in [-0.05, 0) is 62.1 Å². The van der Waals surface area contributed by atoms with Gasteiger partial charge in [0.1, 0.15) is 0 Å². The second kappa shape index (κ2) is 13.0. The van der Waals surface area contributed by atoms with Crippen LogP contribution < -0.4 is 10.6 Å². The molecule has 3 aromatic rings. The van der Waals surface area contributed by atoms with Gasteiger partial charge in [0.15, 0.2) is 4.34 Å². The number of hydrogen-bond donors (Lipinski definition) is 2. The molecule has 0 unspecified atom stereocenters. The van der Waals surface area contributed by atoms with E-state index in [2.05, 4.69) is 15.5 Å². The van der Waals surface area contributed by atoms with E-state index < -0.39 is 0 Å². The van der Waals surface area contributed by atoms with Crippen LogP contribution in [0.4, 0.5) is 5.69 Å². The average Bonchev–Trinajstić information content (AvgIpc) is 3.63. The van der Waals surface area contributed by atoms with Crippen molar-refractivity contribution in [3.05, 3.63) is 63.5 Å². The molecule has 0 aliphatic carbocycles. The van der Waals surface area contributed by atoms with Crippen molar-refractivity contribution in [3.8, 4) is 11.3 Å². The van der Waals surface area contributed by atoms with Gasteiger partial charge in [0.2, 0.25) is 11.8 Å². The number of likely N-dealkylation sites (tertiary alicyclic amines) is 1. The Bertz CT molecular complexity index is 1320. The molecule has 206 valence electrons. The Morgan fingerprint density at radius 1 is 1.15 bits per heavy atom. The molecule has 1 aromatic heterocycles. The maximum absolute atomic E-state index is 12.6. The lowest BCUT2D eigenvalue weighted by Crippen LogP contribution is -2.43. The van der Waals surface area contributed by atoms with Crippen molar-refractivity contribution in [2.24, 2.45) is 0 Å². The molecule has 39 heavy (non-hydrogen) atoms. The fraction of sp³-hybridized carbons (Fsp3) is 0.393. The van der Waals surface area contributed by atoms with Gasteiger partial charge in [-0.15, -0.1) is 11.3 Å². The summed E-state index contributed by atoms with van der Waals surface area (Å²) < 4.78 is 2.70. The van der Waals surface area contributed by atoms with E-state index in [4.69, 9.17) is 28.2 Å². The van der Waals surface area contributed by atoms with Gasteiger partial charge in [0.25, 0.3) is 0 Å². The first-order chi connectivity index (χ1) is 18.9. The van der Waals surface area contributed by atoms with Crippen molar-refractivity contribution in [2.45, 2.75) is 55.6 Å². The minimum atomic E-state index is -0.128. The summed E-state index contributed by atoms with van der Waals surface area (Å²) in [6.45, 7) is 5.10. The van der Waals surface area contributed by atoms with Gasteiger partial charge in [-0.3, -0.25) is 18.8 Å². The van der Waals surface area contributed by atoms with Gasteiger partial charge in [-0.25, -0.2) is 4.98 Å². The van der Waals surface area contributed by atoms with Gasteiger partial charge >= 0.3 is 0 Å². The Kier molecular flexibility index (Phi) is 9.48. The zero-order valence-corrected chi connectivity index (χ0v) is 24.8. The Labute approximate surface area is 247 Å². The number of carbonyl (C=O) groups excluding carboxylic acids is 2. The molecule has 7 nitrogen and oxygen atoms in total. The molecule has 2 aliphatic heterocycles. The van der Waals surface area contributed by atoms with Crippen molar-refractivity contribution < 1.29 is 9.59 Å². The summed E-state index contributed by atoms with van der Waals surface area (Å²) in [5.74, 6) is 0.0317. The number of halogens is 2. The predicted molar refractivity (Wildman–Crippen MR) is 160 cm³/mol. The number of nitrogens with zero attached hydrogens (tertiary/aromatic N) is 3. The van der Waals surface area contributed by atoms with E-state index in [0.29, 0.717) is 10.0 Å². The van der Waals surface area contributed by atoms with Crippen LogP contribution in [0.25, 0.3) is 11.3 Å². The van der Waals surface area contributed by atoms with Gasteiger partial charge in [0.05, 0.1) is 21.8 Å². The second-order valence-electron chi connectivity index (χ2n) is 9.91. The molecule has 3 heterocycles. The van der Waals surface area contributed by atoms with Crippen molar-refractivity contribution in [1.29, 1.82) is 0 Å². The van der Waals surface area contributed by atoms with Crippen molar-refractivity contribution in [2.75, 3.05) is 25.0 Å². The minimum Gasteiger partial charge on any atom is -0.325 e. The molecule has 2 amide bonds. The van der Waals surface area contributed by atoms with Crippen LogP contribution in [-0.4, -0.2) is 57.7 Å². The number of piperidine rings is 1. The quantitative estimate of drug-likeness (QED) is 0.293. The first-order valence-electron chi connectivity index (χ1n) is 13.1. The van der Waals surface area contributed by atoms with Gasteiger partial charge in [-0.1, -0.05) is 41.4 Å². The lowest BCUT2D eigenvalue weighted by atomic mass is 10.0. The third-order valence-electron chi connectivity index (χ3n) is 7.05. The molecule has 2 fully saturated rings. The Morgan fingerprint density at radius 3 is 2.69 bits per heavy atom. The Balaban J connectivity index is 1.18. The van der Waals surface area contributed by atoms with Crippen LogP contribution in [-0.2, 0) is 16.1 Å². The van der Waals surface area contributed by atoms with E-state index in [-0.39, 0.29) is 23.9 Å². The highest BCUT2D eigenvalue weighted by Crippen LogP contribution is 2.35. The van der Waals surface area contributed by atoms with Crippen LogP contribution in [0.15, 0.2) is 52.2 Å². The molecule has 2 aliphatic rings. The third-order valence-corrected chi connectivity index (χ3v) is 9.94. The first-order valence-corrected chi connectivity index (χ1v) is 15.5. The van der Waals surface area contributed by atoms with Crippen molar-refractivity contribution >= 4 is 64.0 Å². The van der Waals surface area contributed by atoms with Crippen molar-refractivity contribution in [3.63, 3.8) is 0 Å². The largest absolute Gasteiger partial charge is 0.325 e. The third kappa shape index (κ3) is 7.34. The molecule has 11 heteroatoms. The Hall–Kier alpha value is -2.14. The molecule has 0 saturated carbocycles. The summed E-state index contributed by atoms with van der Waals surface area (Å²) in [5, 5.41) is 9.38. The number of amides is 2. The number of benzene rings is 2. The molecule has 2 saturated heterocycles. The lowest BCUT2D eigenvalue weighted by molar-refractivity contribution is -0.125. The number of rotatable bonds is 8. The number of nitrogens with one attached hydrogen (secondary N) is 2. The van der Waals surface area contributed by atoms with E-state index in [1.165, 1.54) is 23.3 Å². The second-order valence-corrected chi connectivity index (χ2v) is 12.8. The fourth-order valence-corrected chi connectivity index (χ4v) is 7.24. The van der Waals surface area contributed by atoms with Crippen molar-refractivity contribution in [1.82, 2.24) is 19.5 Å². The molecule has 0 bridgehead atoms. The van der Waals surface area contributed by atoms with E-state index in [0.717, 1.165) is 78.7 Å². The van der Waals surface area contributed by atoms with E-state index in [1.807, 2.05) is 52.1 Å². The van der Waals surface area contributed by atoms with E-state index in [9.17, 15) is 9.59 Å². The summed E-state index contributed by atoms with van der Waals surface area (Å²) in [5.41, 5.74) is 3.65. The number of thiazole rings is 1. The SMILES string of the molecule is CC(=O)N(Sc1nc(-c2cccc(NC(=O)[C@@H]3CCCN3)c2)cs1)C1CCN(Cc2ccc(Cl)c(Cl)c2)CC1. The summed E-state index contributed by atoms with van der Waals surface area (Å²) in [4.78, 5) is 32.3. The molecule has 5 rings (SSSR count). The van der Waals surface area contributed by atoms with Crippen LogP contribution in [0.1, 0.15) is 38.2 Å². The highest BCUT2D eigenvalue weighted by Gasteiger charge is 2.28. The van der Waals surface area contributed by atoms with Gasteiger partial charge in [-0.2, -0.15) is 0 Å². The Morgan fingerprint density at radius 2 is 1.97 bits per heavy atom. The molecule has 2 N–H and O–H groups in total. The molecule has 0 radical (unpaired) electrons. The zero-order valence-electron chi connectivity index (χ0n) is 21.7. The highest BCUT2D eigenvalue weighted by molar-refractivity contribution is 7.99.